The summed E-state index contributed by atoms with van der Waals surface area (Å²) in [5.41, 5.74) is 1.97. The van der Waals surface area contributed by atoms with Gasteiger partial charge in [-0.3, -0.25) is 19.8 Å². The van der Waals surface area contributed by atoms with Gasteiger partial charge < -0.3 is 14.2 Å². The number of hydrogen-bond acceptors (Lipinski definition) is 6. The number of halogens is 1. The minimum absolute atomic E-state index is 0.0494. The molecule has 39 heavy (non-hydrogen) atoms. The monoisotopic (exact) mass is 548 g/mol. The van der Waals surface area contributed by atoms with Crippen molar-refractivity contribution < 1.29 is 28.6 Å². The summed E-state index contributed by atoms with van der Waals surface area (Å²) in [5, 5.41) is 2.87. The van der Waals surface area contributed by atoms with Crippen molar-refractivity contribution in [2.75, 3.05) is 13.2 Å². The van der Waals surface area contributed by atoms with Crippen LogP contribution in [-0.2, 0) is 22.7 Å². The van der Waals surface area contributed by atoms with Gasteiger partial charge in [0.25, 0.3) is 11.8 Å². The molecule has 1 aliphatic rings. The van der Waals surface area contributed by atoms with Gasteiger partial charge in [0.15, 0.2) is 11.5 Å². The molecule has 3 aromatic carbocycles. The molecule has 8 nitrogen and oxygen atoms in total. The first kappa shape index (κ1) is 27.7. The quantitative estimate of drug-likeness (QED) is 0.241. The molecular weight excluding hydrogens is 520 g/mol. The summed E-state index contributed by atoms with van der Waals surface area (Å²) < 4.78 is 17.3. The molecule has 1 heterocycles. The van der Waals surface area contributed by atoms with Crippen LogP contribution in [0.3, 0.4) is 0 Å². The van der Waals surface area contributed by atoms with Gasteiger partial charge in [-0.25, -0.2) is 4.79 Å². The van der Waals surface area contributed by atoms with E-state index in [2.05, 4.69) is 5.32 Å². The third kappa shape index (κ3) is 7.18. The Bertz CT molecular complexity index is 1400. The summed E-state index contributed by atoms with van der Waals surface area (Å²) in [4.78, 5) is 39.5. The molecule has 4 rings (SSSR count). The molecule has 0 atom stereocenters. The van der Waals surface area contributed by atoms with Crippen molar-refractivity contribution in [2.45, 2.75) is 33.4 Å². The lowest BCUT2D eigenvalue weighted by Gasteiger charge is -2.26. The second kappa shape index (κ2) is 13.0. The van der Waals surface area contributed by atoms with Gasteiger partial charge in [0, 0.05) is 5.02 Å². The fourth-order valence-corrected chi connectivity index (χ4v) is 4.14. The molecule has 1 aliphatic heterocycles. The molecule has 0 aromatic heterocycles. The number of barbiturate groups is 1. The molecule has 3 aromatic rings. The molecule has 0 aliphatic carbocycles. The molecule has 0 unspecified atom stereocenters. The topological polar surface area (TPSA) is 94.2 Å². The summed E-state index contributed by atoms with van der Waals surface area (Å²) in [6.45, 7) is 5.08. The van der Waals surface area contributed by atoms with Gasteiger partial charge in [-0.2, -0.15) is 0 Å². The minimum atomic E-state index is -0.787. The number of amides is 4. The van der Waals surface area contributed by atoms with Gasteiger partial charge in [-0.15, -0.1) is 0 Å². The highest BCUT2D eigenvalue weighted by atomic mass is 35.5. The first-order chi connectivity index (χ1) is 18.9. The van der Waals surface area contributed by atoms with E-state index in [1.807, 2.05) is 32.0 Å². The SMILES string of the molecule is CCCOc1ccc(CN2C(=O)NC(=O)/C(=C/c3cccc(OCc4cccc(Cl)c4)c3)C2=O)cc1OCC. The maximum absolute atomic E-state index is 13.3. The van der Waals surface area contributed by atoms with Crippen LogP contribution in [0, 0.1) is 0 Å². The lowest BCUT2D eigenvalue weighted by atomic mass is 10.1. The summed E-state index contributed by atoms with van der Waals surface area (Å²) in [6, 6.07) is 18.8. The number of rotatable bonds is 11. The average molecular weight is 549 g/mol. The maximum Gasteiger partial charge on any atom is 0.331 e. The number of nitrogens with one attached hydrogen (secondary N) is 1. The summed E-state index contributed by atoms with van der Waals surface area (Å²) >= 11 is 6.03. The number of imide groups is 2. The smallest absolute Gasteiger partial charge is 0.331 e. The number of ether oxygens (including phenoxy) is 3. The van der Waals surface area contributed by atoms with Crippen LogP contribution in [0.1, 0.15) is 37.0 Å². The third-order valence-electron chi connectivity index (χ3n) is 5.76. The van der Waals surface area contributed by atoms with Crippen LogP contribution >= 0.6 is 11.6 Å². The molecule has 1 N–H and O–H groups in total. The second-order valence-electron chi connectivity index (χ2n) is 8.76. The van der Waals surface area contributed by atoms with E-state index < -0.39 is 17.8 Å². The molecule has 9 heteroatoms. The standard InChI is InChI=1S/C30H29ClN2O6/c1-3-13-38-26-12-11-21(17-27(26)37-4-2)18-33-29(35)25(28(34)32-30(33)36)16-20-7-6-10-24(15-20)39-19-22-8-5-9-23(31)14-22/h5-12,14-17H,3-4,13,18-19H2,1-2H3,(H,32,34,36)/b25-16-. The largest absolute Gasteiger partial charge is 0.490 e. The van der Waals surface area contributed by atoms with E-state index in [1.165, 1.54) is 6.08 Å². The van der Waals surface area contributed by atoms with Crippen LogP contribution in [0.25, 0.3) is 6.08 Å². The van der Waals surface area contributed by atoms with Crippen LogP contribution in [0.5, 0.6) is 17.2 Å². The van der Waals surface area contributed by atoms with Crippen molar-refractivity contribution in [1.29, 1.82) is 0 Å². The van der Waals surface area contributed by atoms with Crippen LogP contribution in [-0.4, -0.2) is 36.0 Å². The molecule has 0 saturated carbocycles. The van der Waals surface area contributed by atoms with Crippen molar-refractivity contribution in [3.05, 3.63) is 94.0 Å². The van der Waals surface area contributed by atoms with Crippen LogP contribution in [0.2, 0.25) is 5.02 Å². The Morgan fingerprint density at radius 2 is 1.69 bits per heavy atom. The van der Waals surface area contributed by atoms with E-state index >= 15 is 0 Å². The Labute approximate surface area is 232 Å². The molecule has 202 valence electrons. The van der Waals surface area contributed by atoms with E-state index in [1.54, 1.807) is 48.5 Å². The maximum atomic E-state index is 13.3. The number of carbonyl (C=O) groups excluding carboxylic acids is 3. The first-order valence-electron chi connectivity index (χ1n) is 12.6. The average Bonchev–Trinajstić information content (AvgIpc) is 2.92. The Hall–Kier alpha value is -4.30. The van der Waals surface area contributed by atoms with E-state index in [0.717, 1.165) is 16.9 Å². The van der Waals surface area contributed by atoms with E-state index in [0.29, 0.717) is 53.2 Å². The minimum Gasteiger partial charge on any atom is -0.490 e. The van der Waals surface area contributed by atoms with Crippen LogP contribution in [0.4, 0.5) is 4.79 Å². The molecule has 0 bridgehead atoms. The Morgan fingerprint density at radius 3 is 2.46 bits per heavy atom. The summed E-state index contributed by atoms with van der Waals surface area (Å²) in [5.74, 6) is 0.206. The zero-order chi connectivity index (χ0) is 27.8. The molecule has 0 spiro atoms. The van der Waals surface area contributed by atoms with Crippen molar-refractivity contribution >= 4 is 35.5 Å². The number of urea groups is 1. The number of nitrogens with zero attached hydrogens (tertiary/aromatic N) is 1. The lowest BCUT2D eigenvalue weighted by Crippen LogP contribution is -2.53. The van der Waals surface area contributed by atoms with Crippen LogP contribution < -0.4 is 19.5 Å². The fourth-order valence-electron chi connectivity index (χ4n) is 3.92. The summed E-state index contributed by atoms with van der Waals surface area (Å²) in [7, 11) is 0. The normalized spacial score (nSPS) is 14.4. The Morgan fingerprint density at radius 1 is 0.872 bits per heavy atom. The number of hydrogen-bond donors (Lipinski definition) is 1. The summed E-state index contributed by atoms with van der Waals surface area (Å²) in [6.07, 6.45) is 2.28. The van der Waals surface area contributed by atoms with Crippen molar-refractivity contribution in [3.63, 3.8) is 0 Å². The molecule has 1 saturated heterocycles. The Kier molecular flexibility index (Phi) is 9.22. The second-order valence-corrected chi connectivity index (χ2v) is 9.20. The van der Waals surface area contributed by atoms with E-state index in [-0.39, 0.29) is 12.1 Å². The predicted molar refractivity (Wildman–Crippen MR) is 148 cm³/mol. The lowest BCUT2D eigenvalue weighted by molar-refractivity contribution is -0.130. The third-order valence-corrected chi connectivity index (χ3v) is 5.99. The van der Waals surface area contributed by atoms with Gasteiger partial charge in [-0.1, -0.05) is 48.9 Å². The Balaban J connectivity index is 1.51. The zero-order valence-corrected chi connectivity index (χ0v) is 22.5. The van der Waals surface area contributed by atoms with Gasteiger partial charge in [0.2, 0.25) is 0 Å². The number of benzene rings is 3. The van der Waals surface area contributed by atoms with E-state index in [9.17, 15) is 14.4 Å². The molecular formula is C30H29ClN2O6. The predicted octanol–water partition coefficient (Wildman–Crippen LogP) is 5.77. The van der Waals surface area contributed by atoms with Crippen molar-refractivity contribution in [3.8, 4) is 17.2 Å². The fraction of sp³-hybridized carbons (Fsp3) is 0.233. The highest BCUT2D eigenvalue weighted by Gasteiger charge is 2.35. The van der Waals surface area contributed by atoms with Gasteiger partial charge in [-0.05, 0) is 72.5 Å². The van der Waals surface area contributed by atoms with Gasteiger partial charge in [0.1, 0.15) is 17.9 Å². The van der Waals surface area contributed by atoms with Gasteiger partial charge in [0.05, 0.1) is 19.8 Å². The zero-order valence-electron chi connectivity index (χ0n) is 21.7. The van der Waals surface area contributed by atoms with Gasteiger partial charge >= 0.3 is 6.03 Å². The molecule has 4 amide bonds. The molecule has 1 fully saturated rings. The number of carbonyl (C=O) groups is 3. The van der Waals surface area contributed by atoms with Crippen molar-refractivity contribution in [1.82, 2.24) is 10.2 Å². The first-order valence-corrected chi connectivity index (χ1v) is 13.0. The highest BCUT2D eigenvalue weighted by Crippen LogP contribution is 2.30. The van der Waals surface area contributed by atoms with Crippen molar-refractivity contribution in [2.24, 2.45) is 0 Å². The highest BCUT2D eigenvalue weighted by molar-refractivity contribution is 6.31. The van der Waals surface area contributed by atoms with E-state index in [4.69, 9.17) is 25.8 Å². The van der Waals surface area contributed by atoms with Crippen LogP contribution in [0.15, 0.2) is 72.3 Å². The molecule has 0 radical (unpaired) electrons.